The van der Waals surface area contributed by atoms with Gasteiger partial charge in [0.15, 0.2) is 11.5 Å². The third-order valence-corrected chi connectivity index (χ3v) is 7.41. The van der Waals surface area contributed by atoms with Crippen molar-refractivity contribution in [2.75, 3.05) is 37.5 Å². The molecule has 0 atom stereocenters. The maximum Gasteiger partial charge on any atom is 0.274 e. The molecule has 0 aliphatic rings. The highest BCUT2D eigenvalue weighted by molar-refractivity contribution is 7.92. The fourth-order valence-electron chi connectivity index (χ4n) is 3.54. The lowest BCUT2D eigenvalue weighted by molar-refractivity contribution is -0.385. The van der Waals surface area contributed by atoms with E-state index in [1.165, 1.54) is 82.9 Å². The number of benzene rings is 3. The van der Waals surface area contributed by atoms with Crippen LogP contribution in [0.1, 0.15) is 5.56 Å². The van der Waals surface area contributed by atoms with E-state index in [0.717, 1.165) is 4.31 Å². The van der Waals surface area contributed by atoms with Gasteiger partial charge in [0.05, 0.1) is 48.1 Å². The number of sulfonamides is 1. The fourth-order valence-corrected chi connectivity index (χ4v) is 5.14. The van der Waals surface area contributed by atoms with Crippen LogP contribution in [0.5, 0.6) is 17.2 Å². The molecule has 3 rings (SSSR count). The predicted molar refractivity (Wildman–Crippen MR) is 139 cm³/mol. The Balaban J connectivity index is 2.09. The summed E-state index contributed by atoms with van der Waals surface area (Å²) in [4.78, 5) is 23.6. The normalized spacial score (nSPS) is 10.9. The van der Waals surface area contributed by atoms with E-state index in [0.29, 0.717) is 5.75 Å². The topological polar surface area (TPSA) is 137 Å². The minimum atomic E-state index is -4.39. The van der Waals surface area contributed by atoms with Crippen molar-refractivity contribution in [1.82, 2.24) is 0 Å². The van der Waals surface area contributed by atoms with Crippen LogP contribution in [0.15, 0.2) is 59.5 Å². The quantitative estimate of drug-likeness (QED) is 0.290. The molecule has 0 radical (unpaired) electrons. The number of nitrogens with zero attached hydrogens (tertiary/aromatic N) is 2. The number of hydrogen-bond donors (Lipinski definition) is 1. The second kappa shape index (κ2) is 11.4. The second-order valence-corrected chi connectivity index (χ2v) is 9.90. The van der Waals surface area contributed by atoms with E-state index in [4.69, 9.17) is 25.8 Å². The summed E-state index contributed by atoms with van der Waals surface area (Å²) in [5.41, 5.74) is 0.205. The van der Waals surface area contributed by atoms with E-state index >= 15 is 0 Å². The summed E-state index contributed by atoms with van der Waals surface area (Å²) in [5, 5.41) is 14.0. The lowest BCUT2D eigenvalue weighted by Gasteiger charge is -2.26. The standard InChI is InChI=1S/C24H24ClN3O8S/c1-15-18(6-5-7-19(15)28(30)31)26-24(29)14-27(20-12-16(25)8-10-21(20)34-2)37(32,33)17-9-11-22(35-3)23(13-17)36-4/h5-13H,14H2,1-4H3,(H,26,29). The van der Waals surface area contributed by atoms with Crippen molar-refractivity contribution >= 4 is 44.6 Å². The van der Waals surface area contributed by atoms with E-state index in [9.17, 15) is 23.3 Å². The fraction of sp³-hybridized carbons (Fsp3) is 0.208. The van der Waals surface area contributed by atoms with Crippen LogP contribution in [0.2, 0.25) is 5.02 Å². The van der Waals surface area contributed by atoms with E-state index in [1.54, 1.807) is 0 Å². The van der Waals surface area contributed by atoms with Gasteiger partial charge < -0.3 is 19.5 Å². The first-order valence-electron chi connectivity index (χ1n) is 10.7. The van der Waals surface area contributed by atoms with Gasteiger partial charge in [0.2, 0.25) is 5.91 Å². The predicted octanol–water partition coefficient (Wildman–Crippen LogP) is 4.42. The molecule has 37 heavy (non-hydrogen) atoms. The number of methoxy groups -OCH3 is 3. The Bertz CT molecular complexity index is 1450. The molecule has 0 fully saturated rings. The number of ether oxygens (including phenoxy) is 3. The van der Waals surface area contributed by atoms with Crippen molar-refractivity contribution in [2.45, 2.75) is 11.8 Å². The molecule has 0 saturated carbocycles. The number of nitro benzene ring substituents is 1. The lowest BCUT2D eigenvalue weighted by atomic mass is 10.1. The molecule has 1 amide bonds. The van der Waals surface area contributed by atoms with Gasteiger partial charge in [-0.1, -0.05) is 17.7 Å². The number of halogens is 1. The highest BCUT2D eigenvalue weighted by Gasteiger charge is 2.31. The average Bonchev–Trinajstić information content (AvgIpc) is 2.87. The van der Waals surface area contributed by atoms with Crippen LogP contribution >= 0.6 is 11.6 Å². The van der Waals surface area contributed by atoms with Crippen molar-refractivity contribution in [3.8, 4) is 17.2 Å². The Hall–Kier alpha value is -4.03. The third-order valence-electron chi connectivity index (χ3n) is 5.42. The van der Waals surface area contributed by atoms with E-state index in [1.807, 2.05) is 0 Å². The Labute approximate surface area is 218 Å². The zero-order valence-corrected chi connectivity index (χ0v) is 21.9. The first-order chi connectivity index (χ1) is 17.5. The van der Waals surface area contributed by atoms with Crippen molar-refractivity contribution in [3.63, 3.8) is 0 Å². The Morgan fingerprint density at radius 1 is 1.00 bits per heavy atom. The number of carbonyl (C=O) groups excluding carboxylic acids is 1. The van der Waals surface area contributed by atoms with Gasteiger partial charge in [-0.25, -0.2) is 8.42 Å². The summed E-state index contributed by atoms with van der Waals surface area (Å²) in [6, 6.07) is 12.5. The Kier molecular flexibility index (Phi) is 8.46. The molecule has 0 spiro atoms. The molecular formula is C24H24ClN3O8S. The zero-order valence-electron chi connectivity index (χ0n) is 20.3. The summed E-state index contributed by atoms with van der Waals surface area (Å²) in [6.07, 6.45) is 0. The van der Waals surface area contributed by atoms with Crippen LogP contribution < -0.4 is 23.8 Å². The number of carbonyl (C=O) groups is 1. The van der Waals surface area contributed by atoms with Gasteiger partial charge in [-0.3, -0.25) is 19.2 Å². The molecule has 13 heteroatoms. The number of nitro groups is 1. The highest BCUT2D eigenvalue weighted by Crippen LogP contribution is 2.37. The van der Waals surface area contributed by atoms with Gasteiger partial charge >= 0.3 is 0 Å². The number of nitrogens with one attached hydrogen (secondary N) is 1. The minimum absolute atomic E-state index is 0.00991. The number of amides is 1. The van der Waals surface area contributed by atoms with Crippen molar-refractivity contribution in [2.24, 2.45) is 0 Å². The van der Waals surface area contributed by atoms with E-state index in [2.05, 4.69) is 5.32 Å². The zero-order chi connectivity index (χ0) is 27.3. The molecule has 0 heterocycles. The molecule has 0 aromatic heterocycles. The molecule has 0 aliphatic heterocycles. The molecule has 3 aromatic rings. The minimum Gasteiger partial charge on any atom is -0.495 e. The summed E-state index contributed by atoms with van der Waals surface area (Å²) < 4.78 is 44.3. The monoisotopic (exact) mass is 549 g/mol. The van der Waals surface area contributed by atoms with E-state index < -0.39 is 27.4 Å². The van der Waals surface area contributed by atoms with Gasteiger partial charge in [-0.15, -0.1) is 0 Å². The summed E-state index contributed by atoms with van der Waals surface area (Å²) in [7, 11) is -0.268. The molecule has 0 saturated heterocycles. The van der Waals surface area contributed by atoms with Crippen LogP contribution in [0.4, 0.5) is 17.1 Å². The Morgan fingerprint density at radius 3 is 2.27 bits per heavy atom. The molecule has 1 N–H and O–H groups in total. The van der Waals surface area contributed by atoms with Crippen LogP contribution in [0.3, 0.4) is 0 Å². The maximum atomic E-state index is 13.8. The van der Waals surface area contributed by atoms with Gasteiger partial charge in [0.1, 0.15) is 12.3 Å². The van der Waals surface area contributed by atoms with Crippen molar-refractivity contribution in [3.05, 3.63) is 75.3 Å². The summed E-state index contributed by atoms with van der Waals surface area (Å²) >= 11 is 6.16. The van der Waals surface area contributed by atoms with Crippen LogP contribution in [-0.4, -0.2) is 47.1 Å². The average molecular weight is 550 g/mol. The molecule has 3 aromatic carbocycles. The molecule has 0 aliphatic carbocycles. The summed E-state index contributed by atoms with van der Waals surface area (Å²) in [6.45, 7) is 0.779. The Morgan fingerprint density at radius 2 is 1.65 bits per heavy atom. The van der Waals surface area contributed by atoms with Crippen LogP contribution in [-0.2, 0) is 14.8 Å². The van der Waals surface area contributed by atoms with Crippen LogP contribution in [0.25, 0.3) is 0 Å². The van der Waals surface area contributed by atoms with Gasteiger partial charge in [0.25, 0.3) is 15.7 Å². The lowest BCUT2D eigenvalue weighted by Crippen LogP contribution is -2.38. The number of rotatable bonds is 10. The summed E-state index contributed by atoms with van der Waals surface area (Å²) in [5.74, 6) is -0.132. The van der Waals surface area contributed by atoms with Gasteiger partial charge in [-0.05, 0) is 43.3 Å². The first-order valence-corrected chi connectivity index (χ1v) is 12.5. The maximum absolute atomic E-state index is 13.8. The molecule has 11 nitrogen and oxygen atoms in total. The van der Waals surface area contributed by atoms with Crippen molar-refractivity contribution < 1.29 is 32.3 Å². The number of anilines is 2. The highest BCUT2D eigenvalue weighted by atomic mass is 35.5. The molecular weight excluding hydrogens is 526 g/mol. The smallest absolute Gasteiger partial charge is 0.274 e. The van der Waals surface area contributed by atoms with Gasteiger partial charge in [0, 0.05) is 17.2 Å². The van der Waals surface area contributed by atoms with Crippen LogP contribution in [0, 0.1) is 17.0 Å². The largest absolute Gasteiger partial charge is 0.495 e. The second-order valence-electron chi connectivity index (χ2n) is 7.60. The number of hydrogen-bond acceptors (Lipinski definition) is 8. The SMILES string of the molecule is COc1ccc(S(=O)(=O)N(CC(=O)Nc2cccc([N+](=O)[O-])c2C)c2cc(Cl)ccc2OC)cc1OC. The van der Waals surface area contributed by atoms with Gasteiger partial charge in [-0.2, -0.15) is 0 Å². The van der Waals surface area contributed by atoms with Crippen molar-refractivity contribution in [1.29, 1.82) is 0 Å². The first kappa shape index (κ1) is 27.6. The molecule has 0 unspecified atom stereocenters. The van der Waals surface area contributed by atoms with E-state index in [-0.39, 0.29) is 44.0 Å². The molecule has 196 valence electrons. The third kappa shape index (κ3) is 5.87. The molecule has 0 bridgehead atoms.